The van der Waals surface area contributed by atoms with Crippen LogP contribution in [-0.4, -0.2) is 18.2 Å². The first-order valence-corrected chi connectivity index (χ1v) is 10.4. The largest absolute Gasteiger partial charge is 0.497 e. The molecule has 0 heterocycles. The number of benzene rings is 1. The maximum atomic E-state index is 10.7. The summed E-state index contributed by atoms with van der Waals surface area (Å²) in [7, 11) is 1.66. The first kappa shape index (κ1) is 23.0. The number of rotatable bonds is 15. The molecule has 3 heteroatoms. The van der Waals surface area contributed by atoms with Crippen molar-refractivity contribution in [1.29, 1.82) is 0 Å². The lowest BCUT2D eigenvalue weighted by Crippen LogP contribution is -1.89. The number of carbonyl (C=O) groups is 1. The molecule has 0 aliphatic rings. The Hall–Kier alpha value is -2.03. The van der Waals surface area contributed by atoms with E-state index in [0.717, 1.165) is 24.2 Å². The van der Waals surface area contributed by atoms with Crippen molar-refractivity contribution in [3.8, 4) is 5.75 Å². The molecular formula is C24H36O3. The maximum Gasteiger partial charge on any atom is 0.328 e. The molecular weight excluding hydrogens is 336 g/mol. The van der Waals surface area contributed by atoms with Crippen LogP contribution >= 0.6 is 0 Å². The first-order chi connectivity index (χ1) is 13.2. The zero-order chi connectivity index (χ0) is 19.7. The van der Waals surface area contributed by atoms with Gasteiger partial charge in [-0.25, -0.2) is 4.79 Å². The number of allylic oxidation sites excluding steroid dienone is 3. The summed E-state index contributed by atoms with van der Waals surface area (Å²) in [4.78, 5) is 10.7. The molecule has 3 nitrogen and oxygen atoms in total. The summed E-state index contributed by atoms with van der Waals surface area (Å²) in [5, 5.41) is 8.80. The minimum absolute atomic E-state index is 0.832. The van der Waals surface area contributed by atoms with Gasteiger partial charge in [0, 0.05) is 6.08 Å². The van der Waals surface area contributed by atoms with Crippen LogP contribution < -0.4 is 4.74 Å². The van der Waals surface area contributed by atoms with Crippen LogP contribution in [0.3, 0.4) is 0 Å². The SMILES string of the molecule is CCCCCCCCCCCC/C(=C\C=C\C(=O)O)c1ccc(OC)cc1. The van der Waals surface area contributed by atoms with Gasteiger partial charge in [-0.1, -0.05) is 89.0 Å². The number of methoxy groups -OCH3 is 1. The zero-order valence-electron chi connectivity index (χ0n) is 17.1. The van der Waals surface area contributed by atoms with Gasteiger partial charge in [0.05, 0.1) is 7.11 Å². The molecule has 0 bridgehead atoms. The van der Waals surface area contributed by atoms with E-state index in [0.29, 0.717) is 0 Å². The predicted molar refractivity (Wildman–Crippen MR) is 114 cm³/mol. The highest BCUT2D eigenvalue weighted by Crippen LogP contribution is 2.24. The van der Waals surface area contributed by atoms with Crippen molar-refractivity contribution in [2.75, 3.05) is 7.11 Å². The minimum Gasteiger partial charge on any atom is -0.497 e. The smallest absolute Gasteiger partial charge is 0.328 e. The van der Waals surface area contributed by atoms with Gasteiger partial charge in [0.1, 0.15) is 5.75 Å². The van der Waals surface area contributed by atoms with Crippen molar-refractivity contribution in [1.82, 2.24) is 0 Å². The zero-order valence-corrected chi connectivity index (χ0v) is 17.1. The van der Waals surface area contributed by atoms with Crippen molar-refractivity contribution >= 4 is 11.5 Å². The van der Waals surface area contributed by atoms with Crippen molar-refractivity contribution in [3.63, 3.8) is 0 Å². The number of unbranched alkanes of at least 4 members (excludes halogenated alkanes) is 9. The van der Waals surface area contributed by atoms with Gasteiger partial charge in [-0.15, -0.1) is 0 Å². The lowest BCUT2D eigenvalue weighted by atomic mass is 9.98. The second kappa shape index (κ2) is 15.1. The summed E-state index contributed by atoms with van der Waals surface area (Å²) in [6.45, 7) is 2.26. The number of carboxylic acid groups (broad SMARTS) is 1. The molecule has 0 atom stereocenters. The molecule has 0 aliphatic carbocycles. The topological polar surface area (TPSA) is 46.5 Å². The van der Waals surface area contributed by atoms with Gasteiger partial charge in [-0.05, 0) is 36.1 Å². The Morgan fingerprint density at radius 3 is 2.00 bits per heavy atom. The molecule has 0 amide bonds. The molecule has 0 aromatic heterocycles. The number of carboxylic acids is 1. The van der Waals surface area contributed by atoms with Crippen molar-refractivity contribution in [2.45, 2.75) is 77.6 Å². The van der Waals surface area contributed by atoms with Crippen LogP contribution in [0.15, 0.2) is 42.5 Å². The second-order valence-corrected chi connectivity index (χ2v) is 7.05. The third-order valence-electron chi connectivity index (χ3n) is 4.80. The fourth-order valence-electron chi connectivity index (χ4n) is 3.18. The summed E-state index contributed by atoms with van der Waals surface area (Å²) in [6, 6.07) is 7.97. The third kappa shape index (κ3) is 11.3. The van der Waals surface area contributed by atoms with E-state index in [1.807, 2.05) is 30.3 Å². The second-order valence-electron chi connectivity index (χ2n) is 7.05. The van der Waals surface area contributed by atoms with Crippen molar-refractivity contribution < 1.29 is 14.6 Å². The van der Waals surface area contributed by atoms with E-state index in [2.05, 4.69) is 6.92 Å². The third-order valence-corrected chi connectivity index (χ3v) is 4.80. The average molecular weight is 373 g/mol. The summed E-state index contributed by atoms with van der Waals surface area (Å²) in [5.74, 6) is -0.0858. The summed E-state index contributed by atoms with van der Waals surface area (Å²) < 4.78 is 5.22. The fraction of sp³-hybridized carbons (Fsp3) is 0.542. The molecule has 150 valence electrons. The Labute approximate surface area is 165 Å². The van der Waals surface area contributed by atoms with E-state index < -0.39 is 5.97 Å². The molecule has 0 aliphatic heterocycles. The Morgan fingerprint density at radius 1 is 0.926 bits per heavy atom. The number of hydrogen-bond acceptors (Lipinski definition) is 2. The molecule has 0 saturated heterocycles. The van der Waals surface area contributed by atoms with Crippen molar-refractivity contribution in [2.24, 2.45) is 0 Å². The summed E-state index contributed by atoms with van der Waals surface area (Å²) in [6.07, 6.45) is 18.8. The van der Waals surface area contributed by atoms with Crippen LogP contribution in [-0.2, 0) is 4.79 Å². The van der Waals surface area contributed by atoms with E-state index in [9.17, 15) is 4.79 Å². The summed E-state index contributed by atoms with van der Waals surface area (Å²) in [5.41, 5.74) is 2.30. The molecule has 27 heavy (non-hydrogen) atoms. The Morgan fingerprint density at radius 2 is 1.48 bits per heavy atom. The Bertz CT molecular complexity index is 570. The van der Waals surface area contributed by atoms with Gasteiger partial charge in [0.2, 0.25) is 0 Å². The monoisotopic (exact) mass is 372 g/mol. The lowest BCUT2D eigenvalue weighted by molar-refractivity contribution is -0.131. The van der Waals surface area contributed by atoms with E-state index >= 15 is 0 Å². The molecule has 0 saturated carbocycles. The van der Waals surface area contributed by atoms with Gasteiger partial charge in [-0.2, -0.15) is 0 Å². The predicted octanol–water partition coefficient (Wildman–Crippen LogP) is 7.03. The summed E-state index contributed by atoms with van der Waals surface area (Å²) >= 11 is 0. The standard InChI is InChI=1S/C24H36O3/c1-3-4-5-6-7-8-9-10-11-12-14-21(15-13-16-24(25)26)22-17-19-23(27-2)20-18-22/h13,15-20H,3-12,14H2,1-2H3,(H,25,26)/b16-13+,21-15+. The molecule has 1 N–H and O–H groups in total. The van der Waals surface area contributed by atoms with Gasteiger partial charge >= 0.3 is 5.97 Å². The van der Waals surface area contributed by atoms with Gasteiger partial charge in [0.25, 0.3) is 0 Å². The van der Waals surface area contributed by atoms with Crippen LogP contribution in [0, 0.1) is 0 Å². The van der Waals surface area contributed by atoms with E-state index in [1.165, 1.54) is 69.4 Å². The molecule has 0 unspecified atom stereocenters. The molecule has 1 aromatic carbocycles. The van der Waals surface area contributed by atoms with Crippen LogP contribution in [0.4, 0.5) is 0 Å². The normalized spacial score (nSPS) is 11.9. The first-order valence-electron chi connectivity index (χ1n) is 10.4. The Balaban J connectivity index is 2.40. The lowest BCUT2D eigenvalue weighted by Gasteiger charge is -2.09. The van der Waals surface area contributed by atoms with Crippen LogP contribution in [0.2, 0.25) is 0 Å². The number of ether oxygens (including phenoxy) is 1. The van der Waals surface area contributed by atoms with Crippen LogP contribution in [0.1, 0.15) is 83.1 Å². The van der Waals surface area contributed by atoms with Gasteiger partial charge in [-0.3, -0.25) is 0 Å². The highest BCUT2D eigenvalue weighted by molar-refractivity contribution is 5.81. The fourth-order valence-corrected chi connectivity index (χ4v) is 3.18. The average Bonchev–Trinajstić information content (AvgIpc) is 2.68. The molecule has 0 radical (unpaired) electrons. The molecule has 0 spiro atoms. The molecule has 1 rings (SSSR count). The van der Waals surface area contributed by atoms with E-state index in [-0.39, 0.29) is 0 Å². The van der Waals surface area contributed by atoms with Crippen LogP contribution in [0.25, 0.3) is 5.57 Å². The van der Waals surface area contributed by atoms with Gasteiger partial charge < -0.3 is 9.84 Å². The maximum absolute atomic E-state index is 10.7. The van der Waals surface area contributed by atoms with Crippen molar-refractivity contribution in [3.05, 3.63) is 48.1 Å². The van der Waals surface area contributed by atoms with E-state index in [1.54, 1.807) is 13.2 Å². The molecule has 1 aromatic rings. The molecule has 0 fully saturated rings. The number of hydrogen-bond donors (Lipinski definition) is 1. The van der Waals surface area contributed by atoms with E-state index in [4.69, 9.17) is 9.84 Å². The highest BCUT2D eigenvalue weighted by atomic mass is 16.5. The Kier molecular flexibility index (Phi) is 12.8. The van der Waals surface area contributed by atoms with Gasteiger partial charge in [0.15, 0.2) is 0 Å². The quantitative estimate of drug-likeness (QED) is 0.204. The highest BCUT2D eigenvalue weighted by Gasteiger charge is 2.02. The minimum atomic E-state index is -0.917. The number of aliphatic carboxylic acids is 1. The van der Waals surface area contributed by atoms with Crippen LogP contribution in [0.5, 0.6) is 5.75 Å².